The fourth-order valence-electron chi connectivity index (χ4n) is 2.07. The second kappa shape index (κ2) is 9.35. The van der Waals surface area contributed by atoms with E-state index >= 15 is 0 Å². The fourth-order valence-corrected chi connectivity index (χ4v) is 2.07. The third-order valence-electron chi connectivity index (χ3n) is 4.12. The van der Waals surface area contributed by atoms with Crippen molar-refractivity contribution in [3.8, 4) is 0 Å². The minimum atomic E-state index is -0.586. The van der Waals surface area contributed by atoms with E-state index in [0.29, 0.717) is 18.6 Å². The standard InChI is InChI=1S/C16H34N2O2/c1-8-11-17-16(6,15(19)20-9-2)10-12-18(7)14(5)13(3)4/h13-14,17H,8-12H2,1-7H3. The summed E-state index contributed by atoms with van der Waals surface area (Å²) >= 11 is 0. The van der Waals surface area contributed by atoms with Gasteiger partial charge in [-0.3, -0.25) is 4.79 Å². The summed E-state index contributed by atoms with van der Waals surface area (Å²) in [6.07, 6.45) is 1.77. The quantitative estimate of drug-likeness (QED) is 0.627. The molecule has 2 atom stereocenters. The molecule has 0 heterocycles. The van der Waals surface area contributed by atoms with E-state index in [1.807, 2.05) is 13.8 Å². The van der Waals surface area contributed by atoms with E-state index in [9.17, 15) is 4.79 Å². The van der Waals surface area contributed by atoms with Crippen LogP contribution in [-0.2, 0) is 9.53 Å². The third kappa shape index (κ3) is 6.23. The number of hydrogen-bond acceptors (Lipinski definition) is 4. The van der Waals surface area contributed by atoms with Crippen molar-refractivity contribution in [3.63, 3.8) is 0 Å². The number of rotatable bonds is 10. The normalized spacial score (nSPS) is 16.2. The van der Waals surface area contributed by atoms with Crippen LogP contribution in [0.15, 0.2) is 0 Å². The molecule has 0 fully saturated rings. The van der Waals surface area contributed by atoms with Gasteiger partial charge in [0.2, 0.25) is 0 Å². The Morgan fingerprint density at radius 2 is 1.90 bits per heavy atom. The predicted octanol–water partition coefficient (Wildman–Crippen LogP) is 2.67. The van der Waals surface area contributed by atoms with Gasteiger partial charge in [0.25, 0.3) is 0 Å². The van der Waals surface area contributed by atoms with Crippen LogP contribution >= 0.6 is 0 Å². The second-order valence-corrected chi connectivity index (χ2v) is 6.19. The van der Waals surface area contributed by atoms with Gasteiger partial charge < -0.3 is 15.0 Å². The molecule has 0 spiro atoms. The number of ether oxygens (including phenoxy) is 1. The predicted molar refractivity (Wildman–Crippen MR) is 84.9 cm³/mol. The number of hydrogen-bond donors (Lipinski definition) is 1. The molecule has 0 bridgehead atoms. The van der Waals surface area contributed by atoms with Crippen LogP contribution in [0, 0.1) is 5.92 Å². The highest BCUT2D eigenvalue weighted by Gasteiger charge is 2.34. The Labute approximate surface area is 125 Å². The number of nitrogens with zero attached hydrogens (tertiary/aromatic N) is 1. The van der Waals surface area contributed by atoms with Crippen LogP contribution in [-0.4, -0.2) is 49.2 Å². The fraction of sp³-hybridized carbons (Fsp3) is 0.938. The van der Waals surface area contributed by atoms with Crippen molar-refractivity contribution in [2.75, 3.05) is 26.7 Å². The van der Waals surface area contributed by atoms with E-state index < -0.39 is 5.54 Å². The summed E-state index contributed by atoms with van der Waals surface area (Å²) in [6.45, 7) is 14.7. The summed E-state index contributed by atoms with van der Waals surface area (Å²) in [5.41, 5.74) is -0.586. The lowest BCUT2D eigenvalue weighted by Gasteiger charge is -2.33. The maximum Gasteiger partial charge on any atom is 0.326 e. The van der Waals surface area contributed by atoms with Gasteiger partial charge in [-0.05, 0) is 53.1 Å². The van der Waals surface area contributed by atoms with Gasteiger partial charge in [-0.2, -0.15) is 0 Å². The first-order valence-corrected chi connectivity index (χ1v) is 7.91. The molecule has 2 unspecified atom stereocenters. The minimum Gasteiger partial charge on any atom is -0.465 e. The molecule has 0 saturated carbocycles. The lowest BCUT2D eigenvalue weighted by Crippen LogP contribution is -2.53. The third-order valence-corrected chi connectivity index (χ3v) is 4.12. The van der Waals surface area contributed by atoms with Crippen LogP contribution in [0.4, 0.5) is 0 Å². The van der Waals surface area contributed by atoms with E-state index in [0.717, 1.165) is 25.9 Å². The topological polar surface area (TPSA) is 41.6 Å². The molecular formula is C16H34N2O2. The Kier molecular flexibility index (Phi) is 9.06. The first kappa shape index (κ1) is 19.4. The van der Waals surface area contributed by atoms with Crippen LogP contribution in [0.2, 0.25) is 0 Å². The first-order chi connectivity index (χ1) is 9.28. The van der Waals surface area contributed by atoms with Gasteiger partial charge in [0, 0.05) is 12.6 Å². The van der Waals surface area contributed by atoms with E-state index in [2.05, 4.69) is 45.0 Å². The van der Waals surface area contributed by atoms with Gasteiger partial charge >= 0.3 is 5.97 Å². The van der Waals surface area contributed by atoms with Gasteiger partial charge in [0.15, 0.2) is 0 Å². The zero-order chi connectivity index (χ0) is 15.8. The van der Waals surface area contributed by atoms with Crippen molar-refractivity contribution >= 4 is 5.97 Å². The van der Waals surface area contributed by atoms with E-state index in [-0.39, 0.29) is 5.97 Å². The highest BCUT2D eigenvalue weighted by atomic mass is 16.5. The molecular weight excluding hydrogens is 252 g/mol. The molecule has 0 rings (SSSR count). The molecule has 4 heteroatoms. The average molecular weight is 286 g/mol. The number of nitrogens with one attached hydrogen (secondary N) is 1. The molecule has 0 radical (unpaired) electrons. The molecule has 0 aliphatic heterocycles. The van der Waals surface area contributed by atoms with E-state index in [4.69, 9.17) is 4.74 Å². The van der Waals surface area contributed by atoms with Gasteiger partial charge in [-0.15, -0.1) is 0 Å². The Balaban J connectivity index is 4.61. The Bertz CT molecular complexity index is 282. The Morgan fingerprint density at radius 1 is 1.30 bits per heavy atom. The highest BCUT2D eigenvalue weighted by molar-refractivity contribution is 5.80. The molecule has 0 aliphatic carbocycles. The zero-order valence-electron chi connectivity index (χ0n) is 14.5. The number of carbonyl (C=O) groups is 1. The number of carbonyl (C=O) groups excluding carboxylic acids is 1. The lowest BCUT2D eigenvalue weighted by atomic mass is 9.96. The van der Waals surface area contributed by atoms with E-state index in [1.165, 1.54) is 0 Å². The summed E-state index contributed by atoms with van der Waals surface area (Å²) < 4.78 is 5.22. The van der Waals surface area contributed by atoms with Crippen molar-refractivity contribution in [2.24, 2.45) is 5.92 Å². The molecule has 0 aromatic heterocycles. The highest BCUT2D eigenvalue weighted by Crippen LogP contribution is 2.16. The Morgan fingerprint density at radius 3 is 2.35 bits per heavy atom. The van der Waals surface area contributed by atoms with Gasteiger partial charge in [-0.1, -0.05) is 20.8 Å². The van der Waals surface area contributed by atoms with Crippen LogP contribution in [0.25, 0.3) is 0 Å². The van der Waals surface area contributed by atoms with Gasteiger partial charge in [0.05, 0.1) is 6.61 Å². The first-order valence-electron chi connectivity index (χ1n) is 7.91. The maximum atomic E-state index is 12.2. The molecule has 0 aromatic carbocycles. The summed E-state index contributed by atoms with van der Waals surface area (Å²) in [5.74, 6) is 0.469. The SMILES string of the molecule is CCCNC(C)(CCN(C)C(C)C(C)C)C(=O)OCC. The van der Waals surface area contributed by atoms with Crippen molar-refractivity contribution < 1.29 is 9.53 Å². The second-order valence-electron chi connectivity index (χ2n) is 6.19. The summed E-state index contributed by atoms with van der Waals surface area (Å²) in [5, 5.41) is 3.35. The zero-order valence-corrected chi connectivity index (χ0v) is 14.5. The molecule has 0 saturated heterocycles. The largest absolute Gasteiger partial charge is 0.465 e. The van der Waals surface area contributed by atoms with Crippen molar-refractivity contribution in [3.05, 3.63) is 0 Å². The average Bonchev–Trinajstić information content (AvgIpc) is 2.41. The molecule has 120 valence electrons. The van der Waals surface area contributed by atoms with Crippen molar-refractivity contribution in [2.45, 2.75) is 66.0 Å². The Hall–Kier alpha value is -0.610. The van der Waals surface area contributed by atoms with Gasteiger partial charge in [-0.25, -0.2) is 0 Å². The molecule has 1 N–H and O–H groups in total. The molecule has 0 aliphatic rings. The molecule has 0 amide bonds. The summed E-state index contributed by atoms with van der Waals surface area (Å²) in [6, 6.07) is 0.507. The molecule has 4 nitrogen and oxygen atoms in total. The smallest absolute Gasteiger partial charge is 0.326 e. The van der Waals surface area contributed by atoms with Crippen LogP contribution in [0.1, 0.15) is 54.4 Å². The maximum absolute atomic E-state index is 12.2. The lowest BCUT2D eigenvalue weighted by molar-refractivity contribution is -0.151. The minimum absolute atomic E-state index is 0.140. The molecule has 20 heavy (non-hydrogen) atoms. The van der Waals surface area contributed by atoms with Crippen molar-refractivity contribution in [1.82, 2.24) is 10.2 Å². The van der Waals surface area contributed by atoms with Gasteiger partial charge in [0.1, 0.15) is 5.54 Å². The van der Waals surface area contributed by atoms with Crippen LogP contribution < -0.4 is 5.32 Å². The monoisotopic (exact) mass is 286 g/mol. The van der Waals surface area contributed by atoms with E-state index in [1.54, 1.807) is 0 Å². The van der Waals surface area contributed by atoms with Crippen molar-refractivity contribution in [1.29, 1.82) is 0 Å². The van der Waals surface area contributed by atoms with Crippen LogP contribution in [0.3, 0.4) is 0 Å². The summed E-state index contributed by atoms with van der Waals surface area (Å²) in [7, 11) is 2.12. The summed E-state index contributed by atoms with van der Waals surface area (Å²) in [4.78, 5) is 14.5. The van der Waals surface area contributed by atoms with Crippen LogP contribution in [0.5, 0.6) is 0 Å². The number of esters is 1. The molecule has 0 aromatic rings.